The molecule has 0 spiro atoms. The lowest BCUT2D eigenvalue weighted by Crippen LogP contribution is -2.60. The SMILES string of the molecule is CNC1CCCN(c2cc(C)cc(C)c2)C1(C)C. The predicted molar refractivity (Wildman–Crippen MR) is 79.4 cm³/mol. The second-order valence-electron chi connectivity index (χ2n) is 6.13. The molecule has 0 bridgehead atoms. The normalized spacial score (nSPS) is 23.2. The van der Waals surface area contributed by atoms with Crippen LogP contribution in [-0.4, -0.2) is 25.2 Å². The Bertz CT molecular complexity index is 403. The first kappa shape index (κ1) is 13.4. The Kier molecular flexibility index (Phi) is 3.67. The van der Waals surface area contributed by atoms with E-state index in [9.17, 15) is 0 Å². The fourth-order valence-electron chi connectivity index (χ4n) is 3.35. The maximum atomic E-state index is 3.48. The molecule has 2 heteroatoms. The highest BCUT2D eigenvalue weighted by atomic mass is 15.2. The maximum absolute atomic E-state index is 3.48. The molecule has 0 radical (unpaired) electrons. The third-order valence-electron chi connectivity index (χ3n) is 4.29. The van der Waals surface area contributed by atoms with Gasteiger partial charge in [0.05, 0.1) is 0 Å². The van der Waals surface area contributed by atoms with Crippen molar-refractivity contribution in [2.75, 3.05) is 18.5 Å². The van der Waals surface area contributed by atoms with Crippen LogP contribution in [0, 0.1) is 13.8 Å². The third kappa shape index (κ3) is 2.39. The van der Waals surface area contributed by atoms with Gasteiger partial charge in [0.15, 0.2) is 0 Å². The van der Waals surface area contributed by atoms with Crippen molar-refractivity contribution in [3.63, 3.8) is 0 Å². The summed E-state index contributed by atoms with van der Waals surface area (Å²) in [4.78, 5) is 2.57. The van der Waals surface area contributed by atoms with E-state index in [0.29, 0.717) is 6.04 Å². The predicted octanol–water partition coefficient (Wildman–Crippen LogP) is 3.27. The molecule has 1 fully saturated rings. The van der Waals surface area contributed by atoms with Gasteiger partial charge in [-0.3, -0.25) is 0 Å². The molecule has 1 unspecified atom stereocenters. The number of hydrogen-bond donors (Lipinski definition) is 1. The van der Waals surface area contributed by atoms with Gasteiger partial charge in [-0.2, -0.15) is 0 Å². The van der Waals surface area contributed by atoms with Crippen LogP contribution in [0.25, 0.3) is 0 Å². The molecule has 1 atom stereocenters. The number of rotatable bonds is 2. The molecule has 0 saturated carbocycles. The van der Waals surface area contributed by atoms with Crippen LogP contribution in [-0.2, 0) is 0 Å². The summed E-state index contributed by atoms with van der Waals surface area (Å²) in [5.41, 5.74) is 4.25. The van der Waals surface area contributed by atoms with Crippen LogP contribution in [0.15, 0.2) is 18.2 Å². The second kappa shape index (κ2) is 4.93. The van der Waals surface area contributed by atoms with E-state index in [4.69, 9.17) is 0 Å². The van der Waals surface area contributed by atoms with E-state index in [1.54, 1.807) is 0 Å². The topological polar surface area (TPSA) is 15.3 Å². The number of nitrogens with zero attached hydrogens (tertiary/aromatic N) is 1. The molecule has 1 aromatic rings. The third-order valence-corrected chi connectivity index (χ3v) is 4.29. The minimum absolute atomic E-state index is 0.174. The van der Waals surface area contributed by atoms with E-state index in [0.717, 1.165) is 6.54 Å². The minimum atomic E-state index is 0.174. The zero-order valence-corrected chi connectivity index (χ0v) is 12.4. The number of benzene rings is 1. The van der Waals surface area contributed by atoms with E-state index < -0.39 is 0 Å². The molecule has 2 rings (SSSR count). The molecule has 1 aliphatic rings. The quantitative estimate of drug-likeness (QED) is 0.861. The number of piperidine rings is 1. The average Bonchev–Trinajstić information content (AvgIpc) is 2.26. The Morgan fingerprint density at radius 2 is 1.78 bits per heavy atom. The molecule has 0 aliphatic carbocycles. The summed E-state index contributed by atoms with van der Waals surface area (Å²) in [5.74, 6) is 0. The fourth-order valence-corrected chi connectivity index (χ4v) is 3.35. The van der Waals surface area contributed by atoms with Gasteiger partial charge >= 0.3 is 0 Å². The van der Waals surface area contributed by atoms with Gasteiger partial charge in [-0.15, -0.1) is 0 Å². The van der Waals surface area contributed by atoms with Crippen LogP contribution in [0.1, 0.15) is 37.8 Å². The van der Waals surface area contributed by atoms with Crippen molar-refractivity contribution < 1.29 is 0 Å². The first-order chi connectivity index (χ1) is 8.45. The minimum Gasteiger partial charge on any atom is -0.365 e. The summed E-state index contributed by atoms with van der Waals surface area (Å²) in [6.07, 6.45) is 2.53. The van der Waals surface area contributed by atoms with Gasteiger partial charge in [0, 0.05) is 23.8 Å². The number of hydrogen-bond acceptors (Lipinski definition) is 2. The van der Waals surface area contributed by atoms with Crippen LogP contribution < -0.4 is 10.2 Å². The Morgan fingerprint density at radius 3 is 2.33 bits per heavy atom. The number of nitrogens with one attached hydrogen (secondary N) is 1. The molecular formula is C16H26N2. The monoisotopic (exact) mass is 246 g/mol. The summed E-state index contributed by atoms with van der Waals surface area (Å²) in [6.45, 7) is 10.2. The standard InChI is InChI=1S/C16H26N2/c1-12-9-13(2)11-14(10-12)18-8-6-7-15(17-5)16(18,3)4/h9-11,15,17H,6-8H2,1-5H3. The van der Waals surface area contributed by atoms with Gasteiger partial charge < -0.3 is 10.2 Å². The number of aryl methyl sites for hydroxylation is 2. The first-order valence-electron chi connectivity index (χ1n) is 6.98. The smallest absolute Gasteiger partial charge is 0.0498 e. The van der Waals surface area contributed by atoms with Gasteiger partial charge in [-0.05, 0) is 70.8 Å². The molecule has 1 aliphatic heterocycles. The zero-order chi connectivity index (χ0) is 13.3. The lowest BCUT2D eigenvalue weighted by molar-refractivity contribution is 0.275. The van der Waals surface area contributed by atoms with Crippen LogP contribution in [0.2, 0.25) is 0 Å². The van der Waals surface area contributed by atoms with E-state index in [1.165, 1.54) is 29.7 Å². The summed E-state index contributed by atoms with van der Waals surface area (Å²) in [5, 5.41) is 3.48. The van der Waals surface area contributed by atoms with Gasteiger partial charge in [-0.1, -0.05) is 6.07 Å². The lowest BCUT2D eigenvalue weighted by Gasteiger charge is -2.49. The molecule has 100 valence electrons. The van der Waals surface area contributed by atoms with Crippen molar-refractivity contribution in [2.24, 2.45) is 0 Å². The van der Waals surface area contributed by atoms with E-state index in [-0.39, 0.29) is 5.54 Å². The summed E-state index contributed by atoms with van der Waals surface area (Å²) < 4.78 is 0. The highest BCUT2D eigenvalue weighted by Gasteiger charge is 2.37. The van der Waals surface area contributed by atoms with E-state index >= 15 is 0 Å². The van der Waals surface area contributed by atoms with E-state index in [1.807, 2.05) is 0 Å². The Labute approximate surface area is 111 Å². The molecule has 0 aromatic heterocycles. The molecule has 1 aromatic carbocycles. The van der Waals surface area contributed by atoms with Crippen molar-refractivity contribution in [1.82, 2.24) is 5.32 Å². The number of anilines is 1. The molecule has 18 heavy (non-hydrogen) atoms. The Morgan fingerprint density at radius 1 is 1.17 bits per heavy atom. The van der Waals surface area contributed by atoms with Crippen molar-refractivity contribution >= 4 is 5.69 Å². The van der Waals surface area contributed by atoms with Crippen LogP contribution >= 0.6 is 0 Å². The molecular weight excluding hydrogens is 220 g/mol. The molecule has 1 heterocycles. The molecule has 0 amide bonds. The highest BCUT2D eigenvalue weighted by Crippen LogP contribution is 2.33. The Hall–Kier alpha value is -1.02. The number of likely N-dealkylation sites (N-methyl/N-ethyl adjacent to an activating group) is 1. The van der Waals surface area contributed by atoms with Crippen molar-refractivity contribution in [2.45, 2.75) is 52.1 Å². The second-order valence-corrected chi connectivity index (χ2v) is 6.13. The first-order valence-corrected chi connectivity index (χ1v) is 6.98. The van der Waals surface area contributed by atoms with Crippen molar-refractivity contribution in [3.05, 3.63) is 29.3 Å². The average molecular weight is 246 g/mol. The highest BCUT2D eigenvalue weighted by molar-refractivity contribution is 5.53. The van der Waals surface area contributed by atoms with Gasteiger partial charge in [0.2, 0.25) is 0 Å². The lowest BCUT2D eigenvalue weighted by atomic mass is 9.84. The fraction of sp³-hybridized carbons (Fsp3) is 0.625. The van der Waals surface area contributed by atoms with Crippen LogP contribution in [0.4, 0.5) is 5.69 Å². The van der Waals surface area contributed by atoms with Crippen molar-refractivity contribution in [3.8, 4) is 0 Å². The Balaban J connectivity index is 2.36. The van der Waals surface area contributed by atoms with E-state index in [2.05, 4.69) is 63.2 Å². The maximum Gasteiger partial charge on any atom is 0.0498 e. The van der Waals surface area contributed by atoms with Gasteiger partial charge in [-0.25, -0.2) is 0 Å². The molecule has 1 N–H and O–H groups in total. The zero-order valence-electron chi connectivity index (χ0n) is 12.4. The largest absolute Gasteiger partial charge is 0.365 e. The van der Waals surface area contributed by atoms with Crippen LogP contribution in [0.3, 0.4) is 0 Å². The van der Waals surface area contributed by atoms with Crippen molar-refractivity contribution in [1.29, 1.82) is 0 Å². The summed E-state index contributed by atoms with van der Waals surface area (Å²) in [7, 11) is 2.08. The molecule has 1 saturated heterocycles. The summed E-state index contributed by atoms with van der Waals surface area (Å²) >= 11 is 0. The summed E-state index contributed by atoms with van der Waals surface area (Å²) in [6, 6.07) is 7.43. The van der Waals surface area contributed by atoms with Crippen LogP contribution in [0.5, 0.6) is 0 Å². The molecule has 2 nitrogen and oxygen atoms in total. The van der Waals surface area contributed by atoms with Gasteiger partial charge in [0.1, 0.15) is 0 Å². The van der Waals surface area contributed by atoms with Gasteiger partial charge in [0.25, 0.3) is 0 Å².